The minimum atomic E-state index is -4.33. The first-order valence-electron chi connectivity index (χ1n) is 9.26. The van der Waals surface area contributed by atoms with Crippen LogP contribution in [0.1, 0.15) is 73.0 Å². The summed E-state index contributed by atoms with van der Waals surface area (Å²) in [6.07, 6.45) is 4.63. The van der Waals surface area contributed by atoms with Crippen LogP contribution in [0.25, 0.3) is 0 Å². The number of hydrogen-bond acceptors (Lipinski definition) is 1. The fourth-order valence-corrected chi connectivity index (χ4v) is 4.54. The lowest BCUT2D eigenvalue weighted by Gasteiger charge is -2.43. The highest BCUT2D eigenvalue weighted by Gasteiger charge is 2.48. The van der Waals surface area contributed by atoms with Gasteiger partial charge in [-0.05, 0) is 55.7 Å². The van der Waals surface area contributed by atoms with E-state index in [0.29, 0.717) is 5.56 Å². The van der Waals surface area contributed by atoms with Crippen LogP contribution in [-0.2, 0) is 24.4 Å². The molecule has 2 aliphatic rings. The molecule has 0 amide bonds. The third-order valence-electron chi connectivity index (χ3n) is 5.96. The molecule has 1 N–H and O–H groups in total. The van der Waals surface area contributed by atoms with Gasteiger partial charge in [-0.1, -0.05) is 37.5 Å². The molecule has 5 heteroatoms. The fraction of sp³-hybridized carbons (Fsp3) is 0.550. The Labute approximate surface area is 145 Å². The molecule has 1 aromatic heterocycles. The summed E-state index contributed by atoms with van der Waals surface area (Å²) >= 11 is 0. The second kappa shape index (κ2) is 6.19. The smallest absolute Gasteiger partial charge is 0.282 e. The van der Waals surface area contributed by atoms with Gasteiger partial charge in [-0.3, -0.25) is 5.10 Å². The Bertz CT molecular complexity index is 757. The van der Waals surface area contributed by atoms with Gasteiger partial charge in [0.1, 0.15) is 0 Å². The molecule has 1 heterocycles. The van der Waals surface area contributed by atoms with E-state index in [2.05, 4.69) is 10.2 Å². The van der Waals surface area contributed by atoms with Gasteiger partial charge >= 0.3 is 6.18 Å². The van der Waals surface area contributed by atoms with Crippen molar-refractivity contribution in [3.05, 3.63) is 52.3 Å². The van der Waals surface area contributed by atoms with Crippen molar-refractivity contribution in [1.82, 2.24) is 10.2 Å². The zero-order valence-electron chi connectivity index (χ0n) is 14.3. The summed E-state index contributed by atoms with van der Waals surface area (Å²) in [6, 6.07) is 6.08. The SMILES string of the molecule is FC(F)(F)c1ccccc1C1(c2n[nH]c3c2CCCCCC3)CCC1. The van der Waals surface area contributed by atoms with Crippen molar-refractivity contribution in [1.29, 1.82) is 0 Å². The van der Waals surface area contributed by atoms with Gasteiger partial charge in [-0.25, -0.2) is 0 Å². The summed E-state index contributed by atoms with van der Waals surface area (Å²) in [6.45, 7) is 0. The van der Waals surface area contributed by atoms with Gasteiger partial charge in [0.2, 0.25) is 0 Å². The summed E-state index contributed by atoms with van der Waals surface area (Å²) in [5.74, 6) is 0. The standard InChI is InChI=1S/C20H23F3N2/c21-20(22,23)16-10-6-5-9-15(16)19(12-7-13-19)18-14-8-3-1-2-4-11-17(14)24-25-18/h5-6,9-10H,1-4,7-8,11-13H2,(H,24,25). The van der Waals surface area contributed by atoms with E-state index in [1.54, 1.807) is 12.1 Å². The van der Waals surface area contributed by atoms with Crippen molar-refractivity contribution in [3.63, 3.8) is 0 Å². The Balaban J connectivity index is 1.84. The molecule has 2 aromatic rings. The number of aryl methyl sites for hydroxylation is 1. The maximum atomic E-state index is 13.6. The van der Waals surface area contributed by atoms with Crippen molar-refractivity contribution in [2.45, 2.75) is 69.4 Å². The minimum absolute atomic E-state index is 0.408. The number of rotatable bonds is 2. The predicted octanol–water partition coefficient (Wildman–Crippen LogP) is 5.56. The first-order chi connectivity index (χ1) is 12.0. The lowest BCUT2D eigenvalue weighted by molar-refractivity contribution is -0.139. The number of aromatic nitrogens is 2. The molecule has 0 atom stereocenters. The van der Waals surface area contributed by atoms with Crippen molar-refractivity contribution in [2.24, 2.45) is 0 Å². The lowest BCUT2D eigenvalue weighted by Crippen LogP contribution is -2.38. The van der Waals surface area contributed by atoms with Crippen LogP contribution in [0.3, 0.4) is 0 Å². The van der Waals surface area contributed by atoms with Crippen LogP contribution in [0.2, 0.25) is 0 Å². The molecule has 0 aliphatic heterocycles. The Morgan fingerprint density at radius 3 is 2.32 bits per heavy atom. The van der Waals surface area contributed by atoms with Gasteiger partial charge in [0.05, 0.1) is 11.3 Å². The van der Waals surface area contributed by atoms with Gasteiger partial charge in [0.25, 0.3) is 0 Å². The van der Waals surface area contributed by atoms with E-state index in [0.717, 1.165) is 56.3 Å². The highest BCUT2D eigenvalue weighted by molar-refractivity contribution is 5.48. The number of hydrogen-bond donors (Lipinski definition) is 1. The zero-order valence-corrected chi connectivity index (χ0v) is 14.3. The topological polar surface area (TPSA) is 28.7 Å². The Hall–Kier alpha value is -1.78. The molecular weight excluding hydrogens is 325 g/mol. The summed E-state index contributed by atoms with van der Waals surface area (Å²) in [7, 11) is 0. The molecule has 1 fully saturated rings. The van der Waals surface area contributed by atoms with E-state index in [9.17, 15) is 13.2 Å². The summed E-state index contributed by atoms with van der Waals surface area (Å²) in [5.41, 5.74) is 2.55. The van der Waals surface area contributed by atoms with Gasteiger partial charge in [-0.15, -0.1) is 0 Å². The number of aromatic amines is 1. The first-order valence-corrected chi connectivity index (χ1v) is 9.26. The van der Waals surface area contributed by atoms with E-state index in [1.807, 2.05) is 0 Å². The molecule has 0 spiro atoms. The average molecular weight is 348 g/mol. The van der Waals surface area contributed by atoms with Gasteiger partial charge in [0, 0.05) is 11.1 Å². The Morgan fingerprint density at radius 2 is 1.64 bits per heavy atom. The molecule has 2 aliphatic carbocycles. The van der Waals surface area contributed by atoms with E-state index in [-0.39, 0.29) is 0 Å². The van der Waals surface area contributed by atoms with Crippen LogP contribution >= 0.6 is 0 Å². The Morgan fingerprint density at radius 1 is 0.920 bits per heavy atom. The number of nitrogens with one attached hydrogen (secondary N) is 1. The van der Waals surface area contributed by atoms with Crippen molar-refractivity contribution < 1.29 is 13.2 Å². The van der Waals surface area contributed by atoms with Crippen molar-refractivity contribution in [3.8, 4) is 0 Å². The lowest BCUT2D eigenvalue weighted by atomic mass is 9.60. The number of benzene rings is 1. The van der Waals surface area contributed by atoms with Crippen LogP contribution in [0.5, 0.6) is 0 Å². The third kappa shape index (κ3) is 2.77. The van der Waals surface area contributed by atoms with Crippen LogP contribution in [0.4, 0.5) is 13.2 Å². The molecular formula is C20H23F3N2. The molecule has 134 valence electrons. The second-order valence-corrected chi connectivity index (χ2v) is 7.42. The summed E-state index contributed by atoms with van der Waals surface area (Å²) in [5, 5.41) is 7.75. The van der Waals surface area contributed by atoms with Crippen LogP contribution in [0.15, 0.2) is 24.3 Å². The maximum Gasteiger partial charge on any atom is 0.416 e. The molecule has 0 unspecified atom stereocenters. The van der Waals surface area contributed by atoms with Crippen molar-refractivity contribution in [2.75, 3.05) is 0 Å². The summed E-state index contributed by atoms with van der Waals surface area (Å²) < 4.78 is 40.8. The van der Waals surface area contributed by atoms with Crippen LogP contribution in [-0.4, -0.2) is 10.2 Å². The predicted molar refractivity (Wildman–Crippen MR) is 90.5 cm³/mol. The maximum absolute atomic E-state index is 13.6. The number of nitrogens with zero attached hydrogens (tertiary/aromatic N) is 1. The van der Waals surface area contributed by atoms with Crippen LogP contribution in [0, 0.1) is 0 Å². The molecule has 0 bridgehead atoms. The zero-order chi connectivity index (χ0) is 17.5. The second-order valence-electron chi connectivity index (χ2n) is 7.42. The third-order valence-corrected chi connectivity index (χ3v) is 5.96. The van der Waals surface area contributed by atoms with Gasteiger partial charge in [-0.2, -0.15) is 18.3 Å². The Kier molecular flexibility index (Phi) is 4.13. The highest BCUT2D eigenvalue weighted by atomic mass is 19.4. The highest BCUT2D eigenvalue weighted by Crippen LogP contribution is 2.53. The molecule has 0 radical (unpaired) electrons. The molecule has 1 aromatic carbocycles. The molecule has 0 saturated heterocycles. The average Bonchev–Trinajstić information content (AvgIpc) is 2.88. The fourth-order valence-electron chi connectivity index (χ4n) is 4.54. The van der Waals surface area contributed by atoms with Gasteiger partial charge < -0.3 is 0 Å². The van der Waals surface area contributed by atoms with Gasteiger partial charge in [0.15, 0.2) is 0 Å². The molecule has 2 nitrogen and oxygen atoms in total. The normalized spacial score (nSPS) is 20.3. The van der Waals surface area contributed by atoms with Crippen molar-refractivity contribution >= 4 is 0 Å². The number of fused-ring (bicyclic) bond motifs is 1. The van der Waals surface area contributed by atoms with E-state index < -0.39 is 17.2 Å². The molecule has 1 saturated carbocycles. The monoisotopic (exact) mass is 348 g/mol. The van der Waals surface area contributed by atoms with E-state index >= 15 is 0 Å². The summed E-state index contributed by atoms with van der Waals surface area (Å²) in [4.78, 5) is 0. The number of halogens is 3. The molecule has 4 rings (SSSR count). The minimum Gasteiger partial charge on any atom is -0.282 e. The number of H-pyrrole nitrogens is 1. The van der Waals surface area contributed by atoms with E-state index in [1.165, 1.54) is 30.5 Å². The quantitative estimate of drug-likeness (QED) is 0.756. The number of alkyl halides is 3. The molecule has 25 heavy (non-hydrogen) atoms. The largest absolute Gasteiger partial charge is 0.416 e. The van der Waals surface area contributed by atoms with Crippen LogP contribution < -0.4 is 0 Å². The van der Waals surface area contributed by atoms with E-state index in [4.69, 9.17) is 0 Å². The first kappa shape index (κ1) is 16.7.